The molecule has 0 spiro atoms. The number of nitrogens with zero attached hydrogens (tertiary/aromatic N) is 3. The molecule has 0 saturated carbocycles. The minimum Gasteiger partial charge on any atom is -0.494 e. The van der Waals surface area contributed by atoms with Gasteiger partial charge in [0.05, 0.1) is 18.5 Å². The summed E-state index contributed by atoms with van der Waals surface area (Å²) in [5.41, 5.74) is 2.29. The van der Waals surface area contributed by atoms with E-state index in [1.54, 1.807) is 19.1 Å². The fourth-order valence-corrected chi connectivity index (χ4v) is 2.46. The zero-order valence-corrected chi connectivity index (χ0v) is 15.3. The van der Waals surface area contributed by atoms with Gasteiger partial charge in [-0.05, 0) is 54.8 Å². The van der Waals surface area contributed by atoms with Crippen LogP contribution in [-0.4, -0.2) is 27.5 Å². The van der Waals surface area contributed by atoms with Crippen LogP contribution in [-0.2, 0) is 6.54 Å². The van der Waals surface area contributed by atoms with Gasteiger partial charge in [-0.1, -0.05) is 24.3 Å². The summed E-state index contributed by atoms with van der Waals surface area (Å²) in [5.74, 6) is 0.193. The first-order chi connectivity index (χ1) is 13.1. The van der Waals surface area contributed by atoms with Gasteiger partial charge in [0, 0.05) is 6.54 Å². The highest BCUT2D eigenvalue weighted by Gasteiger charge is 2.12. The SMILES string of the molecule is CCCOc1ccc(CNC(=O)c2cn(-c3ccc(F)c(C)c3)nn2)cc1. The Hall–Kier alpha value is -3.22. The summed E-state index contributed by atoms with van der Waals surface area (Å²) in [5, 5.41) is 10.6. The lowest BCUT2D eigenvalue weighted by molar-refractivity contribution is 0.0946. The molecule has 1 aromatic heterocycles. The van der Waals surface area contributed by atoms with Gasteiger partial charge in [-0.15, -0.1) is 5.10 Å². The van der Waals surface area contributed by atoms with E-state index in [4.69, 9.17) is 4.74 Å². The average Bonchev–Trinajstić information content (AvgIpc) is 3.18. The van der Waals surface area contributed by atoms with Gasteiger partial charge in [0.25, 0.3) is 5.91 Å². The number of halogens is 1. The molecule has 0 unspecified atom stereocenters. The summed E-state index contributed by atoms with van der Waals surface area (Å²) in [6.07, 6.45) is 2.47. The molecule has 1 heterocycles. The number of nitrogens with one attached hydrogen (secondary N) is 1. The molecule has 0 radical (unpaired) electrons. The fourth-order valence-electron chi connectivity index (χ4n) is 2.46. The number of aromatic nitrogens is 3. The number of amides is 1. The number of carbonyl (C=O) groups is 1. The Morgan fingerprint density at radius 3 is 2.70 bits per heavy atom. The van der Waals surface area contributed by atoms with Gasteiger partial charge in [-0.3, -0.25) is 4.79 Å². The molecule has 1 amide bonds. The molecule has 2 aromatic carbocycles. The minimum absolute atomic E-state index is 0.194. The van der Waals surface area contributed by atoms with E-state index < -0.39 is 0 Å². The first kappa shape index (κ1) is 18.6. The summed E-state index contributed by atoms with van der Waals surface area (Å²) in [4.78, 5) is 12.3. The second-order valence-corrected chi connectivity index (χ2v) is 6.16. The van der Waals surface area contributed by atoms with Crippen molar-refractivity contribution in [3.05, 3.63) is 71.3 Å². The van der Waals surface area contributed by atoms with Crippen molar-refractivity contribution in [2.75, 3.05) is 6.61 Å². The lowest BCUT2D eigenvalue weighted by atomic mass is 10.2. The highest BCUT2D eigenvalue weighted by atomic mass is 19.1. The van der Waals surface area contributed by atoms with Crippen LogP contribution in [0.1, 0.15) is 35.0 Å². The van der Waals surface area contributed by atoms with E-state index >= 15 is 0 Å². The lowest BCUT2D eigenvalue weighted by Gasteiger charge is -2.06. The molecule has 0 saturated heterocycles. The maximum Gasteiger partial charge on any atom is 0.273 e. The molecule has 0 atom stereocenters. The van der Waals surface area contributed by atoms with E-state index in [0.717, 1.165) is 17.7 Å². The molecule has 6 nitrogen and oxygen atoms in total. The molecule has 140 valence electrons. The smallest absolute Gasteiger partial charge is 0.273 e. The predicted molar refractivity (Wildman–Crippen MR) is 99.5 cm³/mol. The summed E-state index contributed by atoms with van der Waals surface area (Å²) >= 11 is 0. The number of rotatable bonds is 7. The van der Waals surface area contributed by atoms with E-state index in [2.05, 4.69) is 22.6 Å². The zero-order valence-electron chi connectivity index (χ0n) is 15.3. The van der Waals surface area contributed by atoms with Crippen LogP contribution in [0.3, 0.4) is 0 Å². The van der Waals surface area contributed by atoms with Gasteiger partial charge >= 0.3 is 0 Å². The number of hydrogen-bond acceptors (Lipinski definition) is 4. The Balaban J connectivity index is 1.60. The Bertz CT molecular complexity index is 922. The predicted octanol–water partition coefficient (Wildman–Crippen LogP) is 3.43. The maximum absolute atomic E-state index is 13.4. The molecular weight excluding hydrogens is 347 g/mol. The van der Waals surface area contributed by atoms with Crippen LogP contribution in [0.4, 0.5) is 4.39 Å². The summed E-state index contributed by atoms with van der Waals surface area (Å²) in [7, 11) is 0. The van der Waals surface area contributed by atoms with Gasteiger partial charge in [0.15, 0.2) is 5.69 Å². The van der Waals surface area contributed by atoms with Crippen LogP contribution in [0.5, 0.6) is 5.75 Å². The monoisotopic (exact) mass is 368 g/mol. The molecular formula is C20H21FN4O2. The van der Waals surface area contributed by atoms with E-state index in [9.17, 15) is 9.18 Å². The van der Waals surface area contributed by atoms with E-state index in [-0.39, 0.29) is 17.4 Å². The largest absolute Gasteiger partial charge is 0.494 e. The van der Waals surface area contributed by atoms with Crippen molar-refractivity contribution in [3.8, 4) is 11.4 Å². The van der Waals surface area contributed by atoms with Crippen molar-refractivity contribution in [1.29, 1.82) is 0 Å². The Morgan fingerprint density at radius 1 is 1.22 bits per heavy atom. The molecule has 0 aliphatic carbocycles. The van der Waals surface area contributed by atoms with Gasteiger partial charge in [-0.2, -0.15) is 0 Å². The van der Waals surface area contributed by atoms with Crippen molar-refractivity contribution < 1.29 is 13.9 Å². The summed E-state index contributed by atoms with van der Waals surface area (Å²) in [6, 6.07) is 12.2. The third kappa shape index (κ3) is 4.69. The van der Waals surface area contributed by atoms with E-state index in [0.29, 0.717) is 24.4 Å². The highest BCUT2D eigenvalue weighted by Crippen LogP contribution is 2.14. The summed E-state index contributed by atoms with van der Waals surface area (Å²) < 4.78 is 20.4. The Kier molecular flexibility index (Phi) is 5.80. The molecule has 7 heteroatoms. The average molecular weight is 368 g/mol. The number of benzene rings is 2. The van der Waals surface area contributed by atoms with Crippen LogP contribution in [0.25, 0.3) is 5.69 Å². The van der Waals surface area contributed by atoms with E-state index in [1.165, 1.54) is 16.9 Å². The number of aryl methyl sites for hydroxylation is 1. The molecule has 0 aliphatic rings. The Labute approximate surface area is 157 Å². The number of hydrogen-bond donors (Lipinski definition) is 1. The van der Waals surface area contributed by atoms with Crippen molar-refractivity contribution >= 4 is 5.91 Å². The molecule has 27 heavy (non-hydrogen) atoms. The van der Waals surface area contributed by atoms with Gasteiger partial charge in [0.2, 0.25) is 0 Å². The second kappa shape index (κ2) is 8.44. The standard InChI is InChI=1S/C20H21FN4O2/c1-3-10-27-17-7-4-15(5-8-17)12-22-20(26)19-13-25(24-23-19)16-6-9-18(21)14(2)11-16/h4-9,11,13H,3,10,12H2,1-2H3,(H,22,26). The first-order valence-corrected chi connectivity index (χ1v) is 8.75. The molecule has 3 rings (SSSR count). The lowest BCUT2D eigenvalue weighted by Crippen LogP contribution is -2.23. The molecule has 1 N–H and O–H groups in total. The Morgan fingerprint density at radius 2 is 2.00 bits per heavy atom. The first-order valence-electron chi connectivity index (χ1n) is 8.75. The minimum atomic E-state index is -0.327. The van der Waals surface area contributed by atoms with Crippen molar-refractivity contribution in [2.45, 2.75) is 26.8 Å². The van der Waals surface area contributed by atoms with Crippen LogP contribution in [0, 0.1) is 12.7 Å². The third-order valence-electron chi connectivity index (χ3n) is 3.98. The van der Waals surface area contributed by atoms with Crippen molar-refractivity contribution in [3.63, 3.8) is 0 Å². The van der Waals surface area contributed by atoms with Gasteiger partial charge < -0.3 is 10.1 Å². The molecule has 0 aliphatic heterocycles. The summed E-state index contributed by atoms with van der Waals surface area (Å²) in [6.45, 7) is 4.77. The quantitative estimate of drug-likeness (QED) is 0.694. The number of ether oxygens (including phenoxy) is 1. The van der Waals surface area contributed by atoms with Crippen molar-refractivity contribution in [1.82, 2.24) is 20.3 Å². The molecule has 0 bridgehead atoms. The normalized spacial score (nSPS) is 10.6. The van der Waals surface area contributed by atoms with Gasteiger partial charge in [-0.25, -0.2) is 9.07 Å². The highest BCUT2D eigenvalue weighted by molar-refractivity contribution is 5.91. The van der Waals surface area contributed by atoms with Crippen LogP contribution in [0.2, 0.25) is 0 Å². The van der Waals surface area contributed by atoms with Crippen LogP contribution < -0.4 is 10.1 Å². The zero-order chi connectivity index (χ0) is 19.2. The van der Waals surface area contributed by atoms with Crippen LogP contribution in [0.15, 0.2) is 48.7 Å². The van der Waals surface area contributed by atoms with E-state index in [1.807, 2.05) is 24.3 Å². The maximum atomic E-state index is 13.4. The third-order valence-corrected chi connectivity index (χ3v) is 3.98. The molecule has 0 fully saturated rings. The van der Waals surface area contributed by atoms with Crippen LogP contribution >= 0.6 is 0 Å². The fraction of sp³-hybridized carbons (Fsp3) is 0.250. The molecule has 3 aromatic rings. The second-order valence-electron chi connectivity index (χ2n) is 6.16. The topological polar surface area (TPSA) is 69.0 Å². The number of carbonyl (C=O) groups excluding carboxylic acids is 1. The van der Waals surface area contributed by atoms with Crippen molar-refractivity contribution in [2.24, 2.45) is 0 Å². The van der Waals surface area contributed by atoms with Gasteiger partial charge in [0.1, 0.15) is 11.6 Å².